The van der Waals surface area contributed by atoms with Crippen molar-refractivity contribution in [2.24, 2.45) is 0 Å². The average molecular weight is 340 g/mol. The Kier molecular flexibility index (Phi) is 3.87. The predicted octanol–water partition coefficient (Wildman–Crippen LogP) is 3.87. The highest BCUT2D eigenvalue weighted by Gasteiger charge is 2.44. The maximum Gasteiger partial charge on any atom is 0.156 e. The third kappa shape index (κ3) is 2.95. The van der Waals surface area contributed by atoms with Gasteiger partial charge in [-0.2, -0.15) is 0 Å². The van der Waals surface area contributed by atoms with Crippen LogP contribution in [0.2, 0.25) is 0 Å². The molecule has 2 aromatic heterocycles. The summed E-state index contributed by atoms with van der Waals surface area (Å²) in [5.74, 6) is 0.571. The molecule has 2 saturated carbocycles. The van der Waals surface area contributed by atoms with E-state index in [9.17, 15) is 5.11 Å². The Bertz CT molecular complexity index is 792. The lowest BCUT2D eigenvalue weighted by atomic mass is 9.71. The van der Waals surface area contributed by atoms with Crippen molar-refractivity contribution >= 4 is 16.9 Å². The van der Waals surface area contributed by atoms with E-state index in [2.05, 4.69) is 21.9 Å². The second-order valence-corrected chi connectivity index (χ2v) is 8.27. The summed E-state index contributed by atoms with van der Waals surface area (Å²) < 4.78 is 0. The van der Waals surface area contributed by atoms with E-state index in [0.29, 0.717) is 5.92 Å². The molecular formula is C20H28N4O. The molecule has 0 atom stereocenters. The number of fused-ring (bicyclic) bond motifs is 1. The molecule has 5 heteroatoms. The van der Waals surface area contributed by atoms with E-state index in [-0.39, 0.29) is 5.54 Å². The van der Waals surface area contributed by atoms with Crippen molar-refractivity contribution in [3.63, 3.8) is 0 Å². The molecule has 0 bridgehead atoms. The van der Waals surface area contributed by atoms with E-state index in [1.807, 2.05) is 26.2 Å². The molecule has 0 aromatic carbocycles. The zero-order valence-electron chi connectivity index (χ0n) is 15.2. The zero-order chi connectivity index (χ0) is 17.7. The highest BCUT2D eigenvalue weighted by Crippen LogP contribution is 2.40. The molecule has 2 aromatic rings. The standard InChI is InChI=1S/C20H28N4O/c1-13(24-20(19(2,3)25)9-5-4-6-10-20)15-11-21-18-17(15)23-16(12-22-18)14-7-8-14/h11-12,14,24-25H,1,4-10H2,2-3H3,(H,21,22). The van der Waals surface area contributed by atoms with Crippen LogP contribution >= 0.6 is 0 Å². The second-order valence-electron chi connectivity index (χ2n) is 8.27. The number of nitrogens with one attached hydrogen (secondary N) is 2. The van der Waals surface area contributed by atoms with Crippen LogP contribution in [0.15, 0.2) is 19.0 Å². The summed E-state index contributed by atoms with van der Waals surface area (Å²) in [6, 6.07) is 0. The number of rotatable bonds is 5. The van der Waals surface area contributed by atoms with E-state index in [4.69, 9.17) is 4.98 Å². The Morgan fingerprint density at radius 2 is 2.04 bits per heavy atom. The lowest BCUT2D eigenvalue weighted by Gasteiger charge is -2.47. The lowest BCUT2D eigenvalue weighted by molar-refractivity contribution is -0.0326. The maximum atomic E-state index is 10.8. The molecule has 5 nitrogen and oxygen atoms in total. The van der Waals surface area contributed by atoms with Crippen LogP contribution < -0.4 is 5.32 Å². The van der Waals surface area contributed by atoms with Crippen molar-refractivity contribution in [2.75, 3.05) is 0 Å². The highest BCUT2D eigenvalue weighted by atomic mass is 16.3. The van der Waals surface area contributed by atoms with Gasteiger partial charge in [0.2, 0.25) is 0 Å². The molecular weight excluding hydrogens is 312 g/mol. The Morgan fingerprint density at radius 3 is 2.68 bits per heavy atom. The summed E-state index contributed by atoms with van der Waals surface area (Å²) in [5.41, 5.74) is 3.38. The number of H-pyrrole nitrogens is 1. The molecule has 2 aliphatic rings. The van der Waals surface area contributed by atoms with E-state index in [0.717, 1.165) is 53.8 Å². The summed E-state index contributed by atoms with van der Waals surface area (Å²) in [6.07, 6.45) is 11.6. The van der Waals surface area contributed by atoms with Crippen LogP contribution in [0.5, 0.6) is 0 Å². The summed E-state index contributed by atoms with van der Waals surface area (Å²) >= 11 is 0. The third-order valence-corrected chi connectivity index (χ3v) is 5.99. The molecule has 2 fully saturated rings. The molecule has 3 N–H and O–H groups in total. The predicted molar refractivity (Wildman–Crippen MR) is 100 cm³/mol. The van der Waals surface area contributed by atoms with Crippen molar-refractivity contribution < 1.29 is 5.11 Å². The molecule has 0 radical (unpaired) electrons. The molecule has 0 spiro atoms. The van der Waals surface area contributed by atoms with E-state index >= 15 is 0 Å². The molecule has 4 rings (SSSR count). The fraction of sp³-hybridized carbons (Fsp3) is 0.600. The van der Waals surface area contributed by atoms with Gasteiger partial charge in [-0.1, -0.05) is 25.8 Å². The number of nitrogens with zero attached hydrogens (tertiary/aromatic N) is 2. The number of hydrogen-bond donors (Lipinski definition) is 3. The highest BCUT2D eigenvalue weighted by molar-refractivity contribution is 5.86. The largest absolute Gasteiger partial charge is 0.388 e. The molecule has 25 heavy (non-hydrogen) atoms. The minimum absolute atomic E-state index is 0.340. The number of hydrogen-bond acceptors (Lipinski definition) is 4. The van der Waals surface area contributed by atoms with Crippen LogP contribution in [0.1, 0.15) is 76.0 Å². The van der Waals surface area contributed by atoms with Crippen molar-refractivity contribution in [1.29, 1.82) is 0 Å². The molecule has 0 unspecified atom stereocenters. The number of aromatic amines is 1. The van der Waals surface area contributed by atoms with Gasteiger partial charge < -0.3 is 15.4 Å². The van der Waals surface area contributed by atoms with Gasteiger partial charge in [0.15, 0.2) is 5.65 Å². The smallest absolute Gasteiger partial charge is 0.156 e. The fourth-order valence-corrected chi connectivity index (χ4v) is 4.11. The second kappa shape index (κ2) is 5.84. The topological polar surface area (TPSA) is 73.8 Å². The molecule has 0 saturated heterocycles. The molecule has 2 aliphatic carbocycles. The van der Waals surface area contributed by atoms with Gasteiger partial charge in [0, 0.05) is 23.4 Å². The quantitative estimate of drug-likeness (QED) is 0.772. The van der Waals surface area contributed by atoms with Gasteiger partial charge >= 0.3 is 0 Å². The van der Waals surface area contributed by atoms with Gasteiger partial charge in [0.25, 0.3) is 0 Å². The average Bonchev–Trinajstić information content (AvgIpc) is 3.33. The summed E-state index contributed by atoms with van der Waals surface area (Å²) in [6.45, 7) is 8.08. The first-order valence-corrected chi connectivity index (χ1v) is 9.43. The van der Waals surface area contributed by atoms with Crippen molar-refractivity contribution in [3.05, 3.63) is 30.2 Å². The Labute approximate surface area is 149 Å². The van der Waals surface area contributed by atoms with E-state index < -0.39 is 5.60 Å². The minimum atomic E-state index is -0.812. The van der Waals surface area contributed by atoms with Gasteiger partial charge in [-0.25, -0.2) is 9.97 Å². The van der Waals surface area contributed by atoms with Crippen LogP contribution in [0.3, 0.4) is 0 Å². The lowest BCUT2D eigenvalue weighted by Crippen LogP contribution is -2.60. The molecule has 2 heterocycles. The third-order valence-electron chi connectivity index (χ3n) is 5.99. The molecule has 0 aliphatic heterocycles. The zero-order valence-corrected chi connectivity index (χ0v) is 15.2. The van der Waals surface area contributed by atoms with Crippen LogP contribution in [0.25, 0.3) is 16.9 Å². The van der Waals surface area contributed by atoms with E-state index in [1.165, 1.54) is 19.3 Å². The van der Waals surface area contributed by atoms with Crippen LogP contribution in [-0.2, 0) is 0 Å². The monoisotopic (exact) mass is 340 g/mol. The summed E-state index contributed by atoms with van der Waals surface area (Å²) in [4.78, 5) is 12.6. The normalized spacial score (nSPS) is 20.6. The van der Waals surface area contributed by atoms with Crippen molar-refractivity contribution in [3.8, 4) is 0 Å². The first-order chi connectivity index (χ1) is 11.9. The van der Waals surface area contributed by atoms with E-state index in [1.54, 1.807) is 0 Å². The first kappa shape index (κ1) is 16.6. The van der Waals surface area contributed by atoms with Crippen molar-refractivity contribution in [1.82, 2.24) is 20.3 Å². The number of aromatic nitrogens is 3. The van der Waals surface area contributed by atoms with Gasteiger partial charge in [-0.3, -0.25) is 0 Å². The van der Waals surface area contributed by atoms with Gasteiger partial charge in [0.1, 0.15) is 5.52 Å². The van der Waals surface area contributed by atoms with Gasteiger partial charge in [0.05, 0.1) is 23.0 Å². The van der Waals surface area contributed by atoms with Crippen LogP contribution in [-0.4, -0.2) is 31.2 Å². The Morgan fingerprint density at radius 1 is 1.32 bits per heavy atom. The van der Waals surface area contributed by atoms with Gasteiger partial charge in [-0.15, -0.1) is 0 Å². The van der Waals surface area contributed by atoms with Gasteiger partial charge in [-0.05, 0) is 39.5 Å². The van der Waals surface area contributed by atoms with Crippen LogP contribution in [0, 0.1) is 0 Å². The SMILES string of the molecule is C=C(NC1(C(C)(C)O)CCCCC1)c1c[nH]c2ncc(C3CC3)nc12. The Hall–Kier alpha value is -1.88. The summed E-state index contributed by atoms with van der Waals surface area (Å²) in [7, 11) is 0. The minimum Gasteiger partial charge on any atom is -0.388 e. The first-order valence-electron chi connectivity index (χ1n) is 9.43. The maximum absolute atomic E-state index is 10.8. The fourth-order valence-electron chi connectivity index (χ4n) is 4.11. The summed E-state index contributed by atoms with van der Waals surface area (Å²) in [5, 5.41) is 14.4. The van der Waals surface area contributed by atoms with Crippen LogP contribution in [0.4, 0.5) is 0 Å². The van der Waals surface area contributed by atoms with Crippen molar-refractivity contribution in [2.45, 2.75) is 75.9 Å². The Balaban J connectivity index is 1.66. The molecule has 0 amide bonds. The number of aliphatic hydroxyl groups is 1. The molecule has 134 valence electrons.